The number of benzene rings is 1. The molecular formula is C13H15BrN2O4. The van der Waals surface area contributed by atoms with Gasteiger partial charge in [0, 0.05) is 29.5 Å². The number of amides is 1. The smallest absolute Gasteiger partial charge is 0.311 e. The normalized spacial score (nSPS) is 18.7. The van der Waals surface area contributed by atoms with Crippen LogP contribution in [0.25, 0.3) is 0 Å². The first-order valence-corrected chi connectivity index (χ1v) is 7.20. The molecule has 1 fully saturated rings. The highest BCUT2D eigenvalue weighted by atomic mass is 79.9. The first kappa shape index (κ1) is 14.8. The fraction of sp³-hybridized carbons (Fsp3) is 0.462. The number of carbonyl (C=O) groups excluding carboxylic acids is 1. The average Bonchev–Trinajstić information content (AvgIpc) is 2.45. The summed E-state index contributed by atoms with van der Waals surface area (Å²) in [6.45, 7) is 1.30. The maximum Gasteiger partial charge on any atom is 0.311 e. The molecule has 0 spiro atoms. The first-order valence-electron chi connectivity index (χ1n) is 6.28. The van der Waals surface area contributed by atoms with Gasteiger partial charge < -0.3 is 9.64 Å². The number of nitrogens with zero attached hydrogens (tertiary/aromatic N) is 2. The Bertz CT molecular complexity index is 535. The van der Waals surface area contributed by atoms with Crippen molar-refractivity contribution >= 4 is 27.5 Å². The Hall–Kier alpha value is -1.63. The molecule has 0 aliphatic carbocycles. The van der Waals surface area contributed by atoms with Crippen LogP contribution in [0.2, 0.25) is 0 Å². The van der Waals surface area contributed by atoms with Gasteiger partial charge in [0.2, 0.25) is 0 Å². The van der Waals surface area contributed by atoms with Crippen molar-refractivity contribution in [1.29, 1.82) is 0 Å². The minimum absolute atomic E-state index is 0.156. The summed E-state index contributed by atoms with van der Waals surface area (Å²) in [7, 11) is 1.36. The largest absolute Gasteiger partial charge is 0.490 e. The van der Waals surface area contributed by atoms with E-state index in [-0.39, 0.29) is 22.2 Å². The fourth-order valence-corrected chi connectivity index (χ4v) is 2.93. The second-order valence-corrected chi connectivity index (χ2v) is 5.93. The molecule has 1 saturated heterocycles. The molecule has 2 rings (SSSR count). The molecule has 1 atom stereocenters. The van der Waals surface area contributed by atoms with Gasteiger partial charge in [-0.15, -0.1) is 0 Å². The van der Waals surface area contributed by atoms with Gasteiger partial charge in [0.1, 0.15) is 0 Å². The van der Waals surface area contributed by atoms with E-state index in [0.717, 1.165) is 12.8 Å². The Balaban J connectivity index is 2.26. The van der Waals surface area contributed by atoms with E-state index in [0.29, 0.717) is 18.7 Å². The lowest BCUT2D eigenvalue weighted by Crippen LogP contribution is -2.40. The van der Waals surface area contributed by atoms with Crippen LogP contribution in [0.1, 0.15) is 23.2 Å². The highest BCUT2D eigenvalue weighted by molar-refractivity contribution is 9.09. The number of rotatable bonds is 3. The summed E-state index contributed by atoms with van der Waals surface area (Å²) in [4.78, 5) is 24.8. The molecule has 0 bridgehead atoms. The van der Waals surface area contributed by atoms with E-state index in [1.165, 1.54) is 19.2 Å². The summed E-state index contributed by atoms with van der Waals surface area (Å²) >= 11 is 3.51. The molecule has 0 saturated carbocycles. The van der Waals surface area contributed by atoms with Crippen LogP contribution in [0.3, 0.4) is 0 Å². The standard InChI is InChI=1S/C13H15BrN2O4/c1-20-12-5-4-9(7-11(12)16(18)19)13(17)15-6-2-3-10(14)8-15/h4-5,7,10H,2-3,6,8H2,1H3. The van der Waals surface area contributed by atoms with Gasteiger partial charge in [-0.2, -0.15) is 0 Å². The van der Waals surface area contributed by atoms with Gasteiger partial charge in [0.25, 0.3) is 5.91 Å². The van der Waals surface area contributed by atoms with E-state index in [4.69, 9.17) is 4.74 Å². The predicted octanol–water partition coefficient (Wildman–Crippen LogP) is 2.60. The van der Waals surface area contributed by atoms with Crippen molar-refractivity contribution in [3.63, 3.8) is 0 Å². The summed E-state index contributed by atoms with van der Waals surface area (Å²) < 4.78 is 4.93. The Kier molecular flexibility index (Phi) is 4.59. The lowest BCUT2D eigenvalue weighted by atomic mass is 10.1. The summed E-state index contributed by atoms with van der Waals surface area (Å²) in [6, 6.07) is 4.30. The molecule has 1 aromatic rings. The SMILES string of the molecule is COc1ccc(C(=O)N2CCCC(Br)C2)cc1[N+](=O)[O-]. The van der Waals surface area contributed by atoms with Crippen LogP contribution in [0.4, 0.5) is 5.69 Å². The molecule has 1 heterocycles. The lowest BCUT2D eigenvalue weighted by Gasteiger charge is -2.30. The van der Waals surface area contributed by atoms with Crippen molar-refractivity contribution in [2.24, 2.45) is 0 Å². The molecule has 1 aliphatic rings. The molecule has 0 aromatic heterocycles. The van der Waals surface area contributed by atoms with Gasteiger partial charge in [0.15, 0.2) is 5.75 Å². The fourth-order valence-electron chi connectivity index (χ4n) is 2.26. The van der Waals surface area contributed by atoms with Gasteiger partial charge in [-0.1, -0.05) is 15.9 Å². The van der Waals surface area contributed by atoms with E-state index in [1.54, 1.807) is 11.0 Å². The van der Waals surface area contributed by atoms with Crippen LogP contribution in [0.15, 0.2) is 18.2 Å². The van der Waals surface area contributed by atoms with Crippen LogP contribution >= 0.6 is 15.9 Å². The number of halogens is 1. The third kappa shape index (κ3) is 3.09. The number of hydrogen-bond acceptors (Lipinski definition) is 4. The van der Waals surface area contributed by atoms with Crippen molar-refractivity contribution in [2.45, 2.75) is 17.7 Å². The molecule has 1 aromatic carbocycles. The second-order valence-electron chi connectivity index (χ2n) is 4.63. The minimum Gasteiger partial charge on any atom is -0.490 e. The van der Waals surface area contributed by atoms with Crippen molar-refractivity contribution in [3.05, 3.63) is 33.9 Å². The van der Waals surface area contributed by atoms with Gasteiger partial charge in [-0.05, 0) is 25.0 Å². The number of likely N-dealkylation sites (tertiary alicyclic amines) is 1. The molecule has 108 valence electrons. The molecule has 1 amide bonds. The zero-order chi connectivity index (χ0) is 14.7. The monoisotopic (exact) mass is 342 g/mol. The Labute approximate surface area is 125 Å². The highest BCUT2D eigenvalue weighted by Crippen LogP contribution is 2.28. The Morgan fingerprint density at radius 2 is 2.30 bits per heavy atom. The zero-order valence-corrected chi connectivity index (χ0v) is 12.6. The Morgan fingerprint density at radius 3 is 2.90 bits per heavy atom. The first-order chi connectivity index (χ1) is 9.52. The predicted molar refractivity (Wildman–Crippen MR) is 77.5 cm³/mol. The third-order valence-electron chi connectivity index (χ3n) is 3.27. The minimum atomic E-state index is -0.543. The Morgan fingerprint density at radius 1 is 1.55 bits per heavy atom. The molecule has 1 unspecified atom stereocenters. The highest BCUT2D eigenvalue weighted by Gasteiger charge is 2.25. The molecule has 1 aliphatic heterocycles. The van der Waals surface area contributed by atoms with Crippen molar-refractivity contribution in [2.75, 3.05) is 20.2 Å². The molecule has 7 heteroatoms. The van der Waals surface area contributed by atoms with Gasteiger partial charge in [-0.25, -0.2) is 0 Å². The molecular weight excluding hydrogens is 328 g/mol. The van der Waals surface area contributed by atoms with Crippen molar-refractivity contribution in [3.8, 4) is 5.75 Å². The zero-order valence-electron chi connectivity index (χ0n) is 11.0. The van der Waals surface area contributed by atoms with Gasteiger partial charge >= 0.3 is 5.69 Å². The number of ether oxygens (including phenoxy) is 1. The molecule has 20 heavy (non-hydrogen) atoms. The number of alkyl halides is 1. The molecule has 0 radical (unpaired) electrons. The van der Waals surface area contributed by atoms with Crippen molar-refractivity contribution < 1.29 is 14.5 Å². The maximum absolute atomic E-state index is 12.4. The van der Waals surface area contributed by atoms with Crippen LogP contribution in [-0.4, -0.2) is 40.8 Å². The average molecular weight is 343 g/mol. The topological polar surface area (TPSA) is 72.7 Å². The van der Waals surface area contributed by atoms with Crippen LogP contribution < -0.4 is 4.74 Å². The van der Waals surface area contributed by atoms with Gasteiger partial charge in [0.05, 0.1) is 12.0 Å². The lowest BCUT2D eigenvalue weighted by molar-refractivity contribution is -0.385. The third-order valence-corrected chi connectivity index (χ3v) is 4.02. The van der Waals surface area contributed by atoms with Gasteiger partial charge in [-0.3, -0.25) is 14.9 Å². The van der Waals surface area contributed by atoms with E-state index < -0.39 is 4.92 Å². The quantitative estimate of drug-likeness (QED) is 0.480. The summed E-state index contributed by atoms with van der Waals surface area (Å²) in [5.74, 6) is -0.0246. The number of hydrogen-bond donors (Lipinski definition) is 0. The van der Waals surface area contributed by atoms with E-state index in [1.807, 2.05) is 0 Å². The second kappa shape index (κ2) is 6.21. The van der Waals surface area contributed by atoms with E-state index in [2.05, 4.69) is 15.9 Å². The van der Waals surface area contributed by atoms with Crippen molar-refractivity contribution in [1.82, 2.24) is 4.90 Å². The number of methoxy groups -OCH3 is 1. The molecule has 6 nitrogen and oxygen atoms in total. The van der Waals surface area contributed by atoms with E-state index >= 15 is 0 Å². The van der Waals surface area contributed by atoms with Crippen LogP contribution in [-0.2, 0) is 0 Å². The number of nitro benzene ring substituents is 1. The maximum atomic E-state index is 12.4. The van der Waals surface area contributed by atoms with E-state index in [9.17, 15) is 14.9 Å². The summed E-state index contributed by atoms with van der Waals surface area (Å²) in [5.41, 5.74) is 0.129. The number of nitro groups is 1. The summed E-state index contributed by atoms with van der Waals surface area (Å²) in [6.07, 6.45) is 1.96. The molecule has 0 N–H and O–H groups in total. The number of carbonyl (C=O) groups is 1. The number of piperidine rings is 1. The van der Waals surface area contributed by atoms with Crippen LogP contribution in [0, 0.1) is 10.1 Å². The summed E-state index contributed by atoms with van der Waals surface area (Å²) in [5, 5.41) is 11.0. The van der Waals surface area contributed by atoms with Crippen LogP contribution in [0.5, 0.6) is 5.75 Å².